The molecular weight excluding hydrogens is 474 g/mol. The van der Waals surface area contributed by atoms with E-state index >= 15 is 0 Å². The summed E-state index contributed by atoms with van der Waals surface area (Å²) in [7, 11) is 0. The first-order valence-corrected chi connectivity index (χ1v) is 12.2. The van der Waals surface area contributed by atoms with Gasteiger partial charge in [0.25, 0.3) is 0 Å². The minimum atomic E-state index is -1.30. The van der Waals surface area contributed by atoms with Crippen LogP contribution in [-0.2, 0) is 23.8 Å². The zero-order valence-electron chi connectivity index (χ0n) is 22.8. The Balaban J connectivity index is 2.19. The van der Waals surface area contributed by atoms with Crippen molar-refractivity contribution in [1.82, 2.24) is 5.32 Å². The molecule has 0 radical (unpaired) electrons. The number of carbonyl (C=O) groups is 4. The van der Waals surface area contributed by atoms with Gasteiger partial charge in [0.05, 0.1) is 5.92 Å². The summed E-state index contributed by atoms with van der Waals surface area (Å²) in [4.78, 5) is 51.1. The number of rotatable bonds is 8. The Kier molecular flexibility index (Phi) is 9.61. The van der Waals surface area contributed by atoms with Crippen LogP contribution in [0.4, 0.5) is 4.79 Å². The molecule has 200 valence electrons. The second-order valence-corrected chi connectivity index (χ2v) is 10.8. The van der Waals surface area contributed by atoms with Crippen LogP contribution in [0.3, 0.4) is 0 Å². The molecule has 8 nitrogen and oxygen atoms in total. The molecule has 0 bridgehead atoms. The van der Waals surface area contributed by atoms with Crippen molar-refractivity contribution in [2.45, 2.75) is 84.7 Å². The largest absolute Gasteiger partial charge is 0.459 e. The molecule has 3 atom stereocenters. The van der Waals surface area contributed by atoms with Crippen LogP contribution in [0, 0.1) is 0 Å². The standard InChI is InChI=1S/C29H37NO7/c1-18(21-15-12-16-22(17-21)24(31)20-13-10-9-11-14-20)25(32)35-19(2)23(26(33)36-28(3,4)5)30-27(34)37-29(6,7)8/h9-19,23H,1-8H3,(H,30,34)/t18?,19-,23+/m1/s1. The number of nitrogens with one attached hydrogen (secondary N) is 1. The highest BCUT2D eigenvalue weighted by molar-refractivity contribution is 6.09. The van der Waals surface area contributed by atoms with Crippen LogP contribution in [0.2, 0.25) is 0 Å². The zero-order valence-corrected chi connectivity index (χ0v) is 22.8. The fourth-order valence-corrected chi connectivity index (χ4v) is 3.36. The maximum Gasteiger partial charge on any atom is 0.408 e. The first-order chi connectivity index (χ1) is 17.1. The molecule has 0 saturated carbocycles. The normalized spacial score (nSPS) is 14.1. The predicted octanol–water partition coefficient (Wildman–Crippen LogP) is 5.19. The van der Waals surface area contributed by atoms with Crippen molar-refractivity contribution in [2.24, 2.45) is 0 Å². The highest BCUT2D eigenvalue weighted by Gasteiger charge is 2.35. The topological polar surface area (TPSA) is 108 Å². The molecule has 2 aromatic rings. The van der Waals surface area contributed by atoms with Gasteiger partial charge >= 0.3 is 18.0 Å². The first-order valence-electron chi connectivity index (χ1n) is 12.2. The summed E-state index contributed by atoms with van der Waals surface area (Å²) in [5.41, 5.74) is -0.0631. The molecule has 2 rings (SSSR count). The van der Waals surface area contributed by atoms with Gasteiger partial charge in [-0.15, -0.1) is 0 Å². The fraction of sp³-hybridized carbons (Fsp3) is 0.448. The summed E-state index contributed by atoms with van der Waals surface area (Å²) >= 11 is 0. The van der Waals surface area contributed by atoms with Gasteiger partial charge in [0.1, 0.15) is 17.3 Å². The van der Waals surface area contributed by atoms with Crippen LogP contribution in [0.1, 0.15) is 82.8 Å². The smallest absolute Gasteiger partial charge is 0.408 e. The Morgan fingerprint density at radius 2 is 1.30 bits per heavy atom. The average Bonchev–Trinajstić information content (AvgIpc) is 2.79. The molecule has 0 heterocycles. The first kappa shape index (κ1) is 29.5. The Hall–Kier alpha value is -3.68. The van der Waals surface area contributed by atoms with Gasteiger partial charge in [-0.2, -0.15) is 0 Å². The second-order valence-electron chi connectivity index (χ2n) is 10.8. The zero-order chi connectivity index (χ0) is 28.0. The van der Waals surface area contributed by atoms with E-state index in [0.29, 0.717) is 16.7 Å². The second kappa shape index (κ2) is 12.0. The molecular formula is C29H37NO7. The van der Waals surface area contributed by atoms with Gasteiger partial charge in [0, 0.05) is 11.1 Å². The molecule has 0 aliphatic heterocycles. The van der Waals surface area contributed by atoms with Crippen LogP contribution < -0.4 is 5.32 Å². The number of hydrogen-bond acceptors (Lipinski definition) is 7. The van der Waals surface area contributed by atoms with Crippen LogP contribution in [0.15, 0.2) is 54.6 Å². The minimum Gasteiger partial charge on any atom is -0.459 e. The molecule has 2 aromatic carbocycles. The third-order valence-electron chi connectivity index (χ3n) is 5.14. The lowest BCUT2D eigenvalue weighted by Crippen LogP contribution is -2.52. The Labute approximate surface area is 218 Å². The van der Waals surface area contributed by atoms with E-state index in [1.54, 1.807) is 97.0 Å². The molecule has 1 N–H and O–H groups in total. The van der Waals surface area contributed by atoms with E-state index in [1.165, 1.54) is 6.92 Å². The number of ketones is 1. The number of benzene rings is 2. The Bertz CT molecular complexity index is 1110. The van der Waals surface area contributed by atoms with Gasteiger partial charge in [-0.05, 0) is 67.0 Å². The number of carbonyl (C=O) groups excluding carboxylic acids is 4. The van der Waals surface area contributed by atoms with Crippen molar-refractivity contribution >= 4 is 23.8 Å². The maximum atomic E-state index is 13.0. The van der Waals surface area contributed by atoms with E-state index in [4.69, 9.17) is 14.2 Å². The summed E-state index contributed by atoms with van der Waals surface area (Å²) in [5.74, 6) is -2.30. The minimum absolute atomic E-state index is 0.164. The fourth-order valence-electron chi connectivity index (χ4n) is 3.36. The van der Waals surface area contributed by atoms with Crippen LogP contribution in [-0.4, -0.2) is 47.2 Å². The van der Waals surface area contributed by atoms with Crippen LogP contribution in [0.25, 0.3) is 0 Å². The van der Waals surface area contributed by atoms with Crippen molar-refractivity contribution in [3.63, 3.8) is 0 Å². The van der Waals surface area contributed by atoms with E-state index in [2.05, 4.69) is 5.32 Å². The number of esters is 2. The van der Waals surface area contributed by atoms with E-state index in [1.807, 2.05) is 6.07 Å². The average molecular weight is 512 g/mol. The van der Waals surface area contributed by atoms with Gasteiger partial charge in [-0.3, -0.25) is 9.59 Å². The number of alkyl carbamates (subject to hydrolysis) is 1. The molecule has 8 heteroatoms. The molecule has 37 heavy (non-hydrogen) atoms. The van der Waals surface area contributed by atoms with Gasteiger partial charge < -0.3 is 19.5 Å². The highest BCUT2D eigenvalue weighted by Crippen LogP contribution is 2.22. The van der Waals surface area contributed by atoms with E-state index in [9.17, 15) is 19.2 Å². The third-order valence-corrected chi connectivity index (χ3v) is 5.14. The quantitative estimate of drug-likeness (QED) is 0.295. The monoisotopic (exact) mass is 511 g/mol. The summed E-state index contributed by atoms with van der Waals surface area (Å²) in [6, 6.07) is 14.3. The van der Waals surface area contributed by atoms with Crippen molar-refractivity contribution in [1.29, 1.82) is 0 Å². The van der Waals surface area contributed by atoms with Crippen LogP contribution >= 0.6 is 0 Å². The van der Waals surface area contributed by atoms with Gasteiger partial charge in [0.2, 0.25) is 0 Å². The van der Waals surface area contributed by atoms with Crippen molar-refractivity contribution < 1.29 is 33.4 Å². The Morgan fingerprint density at radius 3 is 1.86 bits per heavy atom. The van der Waals surface area contributed by atoms with E-state index < -0.39 is 47.3 Å². The van der Waals surface area contributed by atoms with Crippen LogP contribution in [0.5, 0.6) is 0 Å². The highest BCUT2D eigenvalue weighted by atomic mass is 16.6. The molecule has 0 fully saturated rings. The molecule has 1 amide bonds. The molecule has 0 saturated heterocycles. The van der Waals surface area contributed by atoms with Crippen molar-refractivity contribution in [2.75, 3.05) is 0 Å². The lowest BCUT2D eigenvalue weighted by molar-refractivity contribution is -0.165. The lowest BCUT2D eigenvalue weighted by atomic mass is 9.95. The summed E-state index contributed by atoms with van der Waals surface area (Å²) < 4.78 is 16.3. The summed E-state index contributed by atoms with van der Waals surface area (Å²) in [5, 5.41) is 2.46. The number of hydrogen-bond donors (Lipinski definition) is 1. The van der Waals surface area contributed by atoms with Crippen molar-refractivity contribution in [3.8, 4) is 0 Å². The van der Waals surface area contributed by atoms with E-state index in [0.717, 1.165) is 0 Å². The Morgan fingerprint density at radius 1 is 0.730 bits per heavy atom. The molecule has 1 unspecified atom stereocenters. The molecule has 0 aliphatic rings. The van der Waals surface area contributed by atoms with Gasteiger partial charge in [-0.25, -0.2) is 9.59 Å². The van der Waals surface area contributed by atoms with Gasteiger partial charge in [-0.1, -0.05) is 48.5 Å². The molecule has 0 aliphatic carbocycles. The van der Waals surface area contributed by atoms with Gasteiger partial charge in [0.15, 0.2) is 11.8 Å². The molecule has 0 aromatic heterocycles. The summed E-state index contributed by atoms with van der Waals surface area (Å²) in [6.07, 6.45) is -1.90. The summed E-state index contributed by atoms with van der Waals surface area (Å²) in [6.45, 7) is 13.3. The SMILES string of the molecule is CC(C(=O)O[C@H](C)[C@H](NC(=O)OC(C)(C)C)C(=O)OC(C)(C)C)c1cccc(C(=O)c2ccccc2)c1. The number of amides is 1. The lowest BCUT2D eigenvalue weighted by Gasteiger charge is -2.29. The maximum absolute atomic E-state index is 13.0. The third kappa shape index (κ3) is 9.37. The van der Waals surface area contributed by atoms with Crippen molar-refractivity contribution in [3.05, 3.63) is 71.3 Å². The predicted molar refractivity (Wildman–Crippen MR) is 139 cm³/mol. The van der Waals surface area contributed by atoms with E-state index in [-0.39, 0.29) is 5.78 Å². The number of ether oxygens (including phenoxy) is 3. The molecule has 0 spiro atoms.